The first kappa shape index (κ1) is 14.6. The van der Waals surface area contributed by atoms with Crippen LogP contribution in [0.2, 0.25) is 0 Å². The van der Waals surface area contributed by atoms with E-state index in [1.165, 1.54) is 0 Å². The average molecular weight is 311 g/mol. The zero-order valence-electron chi connectivity index (χ0n) is 12.6. The lowest BCUT2D eigenvalue weighted by atomic mass is 10.1. The fraction of sp³-hybridized carbons (Fsp3) is 0.167. The highest BCUT2D eigenvalue weighted by atomic mass is 32.1. The molecule has 0 N–H and O–H groups in total. The molecule has 22 heavy (non-hydrogen) atoms. The molecule has 4 heteroatoms. The highest BCUT2D eigenvalue weighted by molar-refractivity contribution is 7.13. The molecule has 0 aliphatic heterocycles. The molecule has 0 unspecified atom stereocenters. The summed E-state index contributed by atoms with van der Waals surface area (Å²) in [5.74, 6) is -0.286. The van der Waals surface area contributed by atoms with Gasteiger partial charge in [-0.05, 0) is 43.0 Å². The number of benzene rings is 1. The van der Waals surface area contributed by atoms with E-state index in [4.69, 9.17) is 4.74 Å². The zero-order valence-corrected chi connectivity index (χ0v) is 13.4. The Balaban J connectivity index is 2.19. The molecule has 2 heterocycles. The summed E-state index contributed by atoms with van der Waals surface area (Å²) in [5.41, 5.74) is 3.57. The van der Waals surface area contributed by atoms with Gasteiger partial charge in [-0.2, -0.15) is 0 Å². The molecule has 0 amide bonds. The van der Waals surface area contributed by atoms with Gasteiger partial charge in [0.2, 0.25) is 0 Å². The summed E-state index contributed by atoms with van der Waals surface area (Å²) in [5, 5.41) is 2.04. The Hall–Kier alpha value is -2.33. The molecular weight excluding hydrogens is 294 g/mol. The number of carbonyl (C=O) groups is 1. The minimum absolute atomic E-state index is 0.286. The Morgan fingerprint density at radius 3 is 2.59 bits per heavy atom. The number of carbonyl (C=O) groups excluding carboxylic acids is 1. The van der Waals surface area contributed by atoms with Gasteiger partial charge in [0.15, 0.2) is 0 Å². The Morgan fingerprint density at radius 2 is 1.95 bits per heavy atom. The van der Waals surface area contributed by atoms with E-state index in [0.29, 0.717) is 12.3 Å². The van der Waals surface area contributed by atoms with Crippen molar-refractivity contribution in [3.8, 4) is 16.1 Å². The van der Waals surface area contributed by atoms with Gasteiger partial charge in [0.05, 0.1) is 6.61 Å². The van der Waals surface area contributed by atoms with E-state index >= 15 is 0 Å². The second-order valence-corrected chi connectivity index (χ2v) is 5.87. The van der Waals surface area contributed by atoms with E-state index in [1.54, 1.807) is 11.3 Å². The molecule has 0 aliphatic carbocycles. The summed E-state index contributed by atoms with van der Waals surface area (Å²) in [6, 6.07) is 13.9. The van der Waals surface area contributed by atoms with Crippen LogP contribution in [0.5, 0.6) is 0 Å². The monoisotopic (exact) mass is 311 g/mol. The lowest BCUT2D eigenvalue weighted by Gasteiger charge is -2.09. The van der Waals surface area contributed by atoms with Crippen molar-refractivity contribution < 1.29 is 9.53 Å². The van der Waals surface area contributed by atoms with Crippen molar-refractivity contribution in [1.82, 2.24) is 4.57 Å². The molecule has 0 fully saturated rings. The van der Waals surface area contributed by atoms with Gasteiger partial charge in [-0.15, -0.1) is 11.3 Å². The molecule has 0 radical (unpaired) electrons. The summed E-state index contributed by atoms with van der Waals surface area (Å²) >= 11 is 1.67. The van der Waals surface area contributed by atoms with Crippen LogP contribution < -0.4 is 0 Å². The van der Waals surface area contributed by atoms with E-state index in [0.717, 1.165) is 21.7 Å². The largest absolute Gasteiger partial charge is 0.461 e. The van der Waals surface area contributed by atoms with Crippen molar-refractivity contribution in [2.24, 2.45) is 0 Å². The van der Waals surface area contributed by atoms with Crippen LogP contribution in [0.25, 0.3) is 16.1 Å². The van der Waals surface area contributed by atoms with Crippen LogP contribution in [0.3, 0.4) is 0 Å². The summed E-state index contributed by atoms with van der Waals surface area (Å²) in [4.78, 5) is 13.6. The van der Waals surface area contributed by atoms with Crippen LogP contribution in [-0.2, 0) is 4.74 Å². The molecule has 3 nitrogen and oxygen atoms in total. The van der Waals surface area contributed by atoms with Gasteiger partial charge in [0, 0.05) is 22.3 Å². The predicted molar refractivity (Wildman–Crippen MR) is 89.8 cm³/mol. The maximum absolute atomic E-state index is 12.4. The Labute approximate surface area is 133 Å². The van der Waals surface area contributed by atoms with Crippen molar-refractivity contribution in [2.45, 2.75) is 13.8 Å². The molecule has 0 bridgehead atoms. The fourth-order valence-corrected chi connectivity index (χ4v) is 3.32. The highest BCUT2D eigenvalue weighted by Crippen LogP contribution is 2.33. The van der Waals surface area contributed by atoms with Gasteiger partial charge in [-0.25, -0.2) is 4.79 Å². The van der Waals surface area contributed by atoms with Crippen LogP contribution in [0, 0.1) is 6.92 Å². The van der Waals surface area contributed by atoms with E-state index < -0.39 is 0 Å². The summed E-state index contributed by atoms with van der Waals surface area (Å²) in [6.45, 7) is 4.16. The first-order valence-corrected chi connectivity index (χ1v) is 8.08. The smallest absolute Gasteiger partial charge is 0.355 e. The van der Waals surface area contributed by atoms with Crippen LogP contribution in [0.15, 0.2) is 54.0 Å². The van der Waals surface area contributed by atoms with Gasteiger partial charge in [-0.3, -0.25) is 0 Å². The van der Waals surface area contributed by atoms with Gasteiger partial charge in [0.1, 0.15) is 5.69 Å². The summed E-state index contributed by atoms with van der Waals surface area (Å²) < 4.78 is 7.16. The van der Waals surface area contributed by atoms with E-state index in [1.807, 2.05) is 66.4 Å². The molecule has 2 aromatic heterocycles. The minimum atomic E-state index is -0.286. The Kier molecular flexibility index (Phi) is 4.11. The first-order chi connectivity index (χ1) is 10.7. The second kappa shape index (κ2) is 6.20. The standard InChI is InChI=1S/C18H17NO2S/c1-3-21-18(20)17-13(2)15(16-10-7-11-22-16)12-19(17)14-8-5-4-6-9-14/h4-12H,3H2,1-2H3. The molecule has 0 atom stereocenters. The average Bonchev–Trinajstić information content (AvgIpc) is 3.16. The molecule has 112 valence electrons. The highest BCUT2D eigenvalue weighted by Gasteiger charge is 2.22. The molecular formula is C18H17NO2S. The van der Waals surface area contributed by atoms with Crippen LogP contribution >= 0.6 is 11.3 Å². The van der Waals surface area contributed by atoms with Gasteiger partial charge < -0.3 is 9.30 Å². The topological polar surface area (TPSA) is 31.2 Å². The van der Waals surface area contributed by atoms with Crippen molar-refractivity contribution in [1.29, 1.82) is 0 Å². The Morgan fingerprint density at radius 1 is 1.18 bits per heavy atom. The number of thiophene rings is 1. The SMILES string of the molecule is CCOC(=O)c1c(C)c(-c2cccs2)cn1-c1ccccc1. The number of esters is 1. The molecule has 0 aliphatic rings. The van der Waals surface area contributed by atoms with Crippen molar-refractivity contribution in [3.05, 3.63) is 65.3 Å². The number of hydrogen-bond donors (Lipinski definition) is 0. The molecule has 0 spiro atoms. The minimum Gasteiger partial charge on any atom is -0.461 e. The quantitative estimate of drug-likeness (QED) is 0.654. The zero-order chi connectivity index (χ0) is 15.5. The number of nitrogens with zero attached hydrogens (tertiary/aromatic N) is 1. The summed E-state index contributed by atoms with van der Waals surface area (Å²) in [7, 11) is 0. The maximum Gasteiger partial charge on any atom is 0.355 e. The third-order valence-corrected chi connectivity index (χ3v) is 4.45. The molecule has 3 rings (SSSR count). The fourth-order valence-electron chi connectivity index (χ4n) is 2.52. The molecule has 0 saturated carbocycles. The third-order valence-electron chi connectivity index (χ3n) is 3.55. The lowest BCUT2D eigenvalue weighted by molar-refractivity contribution is 0.0516. The van der Waals surface area contributed by atoms with Crippen LogP contribution in [0.4, 0.5) is 0 Å². The maximum atomic E-state index is 12.4. The summed E-state index contributed by atoms with van der Waals surface area (Å²) in [6.07, 6.45) is 2.02. The molecule has 0 saturated heterocycles. The predicted octanol–water partition coefficient (Wildman–Crippen LogP) is 4.69. The lowest BCUT2D eigenvalue weighted by Crippen LogP contribution is -2.12. The van der Waals surface area contributed by atoms with Crippen molar-refractivity contribution in [3.63, 3.8) is 0 Å². The number of para-hydroxylation sites is 1. The van der Waals surface area contributed by atoms with Gasteiger partial charge in [-0.1, -0.05) is 24.3 Å². The molecule has 1 aromatic carbocycles. The van der Waals surface area contributed by atoms with E-state index in [-0.39, 0.29) is 5.97 Å². The molecule has 3 aromatic rings. The van der Waals surface area contributed by atoms with Gasteiger partial charge in [0.25, 0.3) is 0 Å². The van der Waals surface area contributed by atoms with Crippen LogP contribution in [-0.4, -0.2) is 17.1 Å². The second-order valence-electron chi connectivity index (χ2n) is 4.92. The normalized spacial score (nSPS) is 10.6. The van der Waals surface area contributed by atoms with Crippen LogP contribution in [0.1, 0.15) is 23.0 Å². The third kappa shape index (κ3) is 2.57. The Bertz CT molecular complexity index is 773. The first-order valence-electron chi connectivity index (χ1n) is 7.20. The number of hydrogen-bond acceptors (Lipinski definition) is 3. The van der Waals surface area contributed by atoms with E-state index in [9.17, 15) is 4.79 Å². The van der Waals surface area contributed by atoms with Gasteiger partial charge >= 0.3 is 5.97 Å². The number of ether oxygens (including phenoxy) is 1. The van der Waals surface area contributed by atoms with Crippen molar-refractivity contribution in [2.75, 3.05) is 6.61 Å². The van der Waals surface area contributed by atoms with E-state index in [2.05, 4.69) is 6.07 Å². The number of aromatic nitrogens is 1. The number of rotatable bonds is 4. The van der Waals surface area contributed by atoms with Crippen molar-refractivity contribution >= 4 is 17.3 Å².